The number of carbonyl (C=O) groups excluding carboxylic acids is 1. The van der Waals surface area contributed by atoms with Crippen molar-refractivity contribution >= 4 is 44.7 Å². The molecule has 0 bridgehead atoms. The summed E-state index contributed by atoms with van der Waals surface area (Å²) in [7, 11) is 1.52. The van der Waals surface area contributed by atoms with Crippen LogP contribution < -0.4 is 15.6 Å². The van der Waals surface area contributed by atoms with Gasteiger partial charge in [0.2, 0.25) is 5.91 Å². The van der Waals surface area contributed by atoms with Crippen molar-refractivity contribution in [3.05, 3.63) is 75.1 Å². The summed E-state index contributed by atoms with van der Waals surface area (Å²) >= 11 is 7.56. The maximum absolute atomic E-state index is 13.6. The number of thiophene rings is 1. The molecule has 0 saturated carbocycles. The van der Waals surface area contributed by atoms with Crippen LogP contribution >= 0.6 is 22.9 Å². The Morgan fingerprint density at radius 2 is 2.00 bits per heavy atom. The van der Waals surface area contributed by atoms with E-state index in [-0.39, 0.29) is 11.5 Å². The second-order valence-electron chi connectivity index (χ2n) is 7.29. The van der Waals surface area contributed by atoms with Crippen LogP contribution in [0.4, 0.5) is 5.69 Å². The summed E-state index contributed by atoms with van der Waals surface area (Å²) in [4.78, 5) is 32.9. The minimum Gasteiger partial charge on any atom is -0.495 e. The van der Waals surface area contributed by atoms with E-state index < -0.39 is 6.04 Å². The highest BCUT2D eigenvalue weighted by Gasteiger charge is 2.24. The molecule has 1 atom stereocenters. The van der Waals surface area contributed by atoms with E-state index in [0.717, 1.165) is 16.0 Å². The van der Waals surface area contributed by atoms with Gasteiger partial charge in [0.25, 0.3) is 5.56 Å². The van der Waals surface area contributed by atoms with Crippen LogP contribution in [0.15, 0.2) is 59.7 Å². The third-order valence-electron chi connectivity index (χ3n) is 5.32. The molecule has 0 aliphatic heterocycles. The van der Waals surface area contributed by atoms with E-state index in [0.29, 0.717) is 33.1 Å². The van der Waals surface area contributed by atoms with E-state index in [1.807, 2.05) is 44.2 Å². The van der Waals surface area contributed by atoms with E-state index in [2.05, 4.69) is 10.3 Å². The van der Waals surface area contributed by atoms with Gasteiger partial charge in [0.15, 0.2) is 0 Å². The van der Waals surface area contributed by atoms with E-state index >= 15 is 0 Å². The lowest BCUT2D eigenvalue weighted by Crippen LogP contribution is -2.33. The molecule has 2 aromatic carbocycles. The largest absolute Gasteiger partial charge is 0.495 e. The predicted molar refractivity (Wildman–Crippen MR) is 130 cm³/mol. The maximum Gasteiger partial charge on any atom is 0.263 e. The fourth-order valence-electron chi connectivity index (χ4n) is 3.79. The molecule has 0 saturated heterocycles. The third kappa shape index (κ3) is 4.01. The number of benzene rings is 2. The average molecular weight is 468 g/mol. The second kappa shape index (κ2) is 9.14. The zero-order valence-electron chi connectivity index (χ0n) is 17.9. The number of nitrogens with zero attached hydrogens (tertiary/aromatic N) is 2. The number of nitrogens with one attached hydrogen (secondary N) is 1. The van der Waals surface area contributed by atoms with E-state index in [1.165, 1.54) is 29.3 Å². The van der Waals surface area contributed by atoms with Crippen LogP contribution in [-0.4, -0.2) is 22.6 Å². The average Bonchev–Trinajstić information content (AvgIpc) is 3.13. The summed E-state index contributed by atoms with van der Waals surface area (Å²) in [6, 6.07) is 14.0. The zero-order valence-corrected chi connectivity index (χ0v) is 19.5. The number of halogens is 1. The fourth-order valence-corrected chi connectivity index (χ4v) is 4.97. The molecule has 0 fully saturated rings. The second-order valence-corrected chi connectivity index (χ2v) is 8.93. The van der Waals surface area contributed by atoms with Gasteiger partial charge in [0, 0.05) is 15.5 Å². The Morgan fingerprint density at radius 1 is 1.25 bits per heavy atom. The van der Waals surface area contributed by atoms with Crippen LogP contribution in [0.25, 0.3) is 21.3 Å². The van der Waals surface area contributed by atoms with Gasteiger partial charge < -0.3 is 10.1 Å². The lowest BCUT2D eigenvalue weighted by atomic mass is 10.0. The van der Waals surface area contributed by atoms with Crippen LogP contribution in [0.5, 0.6) is 5.75 Å². The number of ether oxygens (including phenoxy) is 1. The van der Waals surface area contributed by atoms with E-state index in [9.17, 15) is 9.59 Å². The topological polar surface area (TPSA) is 73.2 Å². The molecule has 8 heteroatoms. The van der Waals surface area contributed by atoms with Crippen molar-refractivity contribution in [1.82, 2.24) is 9.55 Å². The quantitative estimate of drug-likeness (QED) is 0.395. The predicted octanol–water partition coefficient (Wildman–Crippen LogP) is 5.69. The Hall–Kier alpha value is -3.16. The summed E-state index contributed by atoms with van der Waals surface area (Å²) < 4.78 is 6.73. The molecular formula is C24H22ClN3O3S. The minimum absolute atomic E-state index is 0.238. The molecule has 1 N–H and O–H groups in total. The van der Waals surface area contributed by atoms with Crippen molar-refractivity contribution in [2.24, 2.45) is 0 Å². The highest BCUT2D eigenvalue weighted by Crippen LogP contribution is 2.35. The van der Waals surface area contributed by atoms with Crippen molar-refractivity contribution in [3.8, 4) is 16.9 Å². The summed E-state index contributed by atoms with van der Waals surface area (Å²) in [5.74, 6) is 0.142. The Kier molecular flexibility index (Phi) is 6.30. The van der Waals surface area contributed by atoms with Crippen molar-refractivity contribution in [2.45, 2.75) is 26.3 Å². The summed E-state index contributed by atoms with van der Waals surface area (Å²) in [6.07, 6.45) is 1.87. The smallest absolute Gasteiger partial charge is 0.263 e. The Labute approximate surface area is 194 Å². The van der Waals surface area contributed by atoms with Gasteiger partial charge in [0.05, 0.1) is 24.5 Å². The van der Waals surface area contributed by atoms with Gasteiger partial charge in [-0.25, -0.2) is 4.98 Å². The van der Waals surface area contributed by atoms with Gasteiger partial charge >= 0.3 is 0 Å². The normalized spacial score (nSPS) is 12.0. The molecule has 4 aromatic rings. The summed E-state index contributed by atoms with van der Waals surface area (Å²) in [5, 5.41) is 3.85. The standard InChI is InChI=1S/C24H22ClN3O3S/c1-4-18(22(29)27-17-12-16(25)10-11-19(17)31-3)28-13-26-23-21(24(28)30)20(14(2)32-23)15-8-6-5-7-9-15/h5-13,18H,4H2,1-3H3,(H,27,29). The molecular weight excluding hydrogens is 446 g/mol. The molecule has 164 valence electrons. The number of methoxy groups -OCH3 is 1. The van der Waals surface area contributed by atoms with Crippen LogP contribution in [-0.2, 0) is 4.79 Å². The molecule has 4 rings (SSSR count). The van der Waals surface area contributed by atoms with E-state index in [1.54, 1.807) is 18.2 Å². The van der Waals surface area contributed by atoms with Gasteiger partial charge in [-0.3, -0.25) is 14.2 Å². The van der Waals surface area contributed by atoms with Crippen molar-refractivity contribution in [2.75, 3.05) is 12.4 Å². The van der Waals surface area contributed by atoms with Gasteiger partial charge in [-0.05, 0) is 37.1 Å². The first-order valence-electron chi connectivity index (χ1n) is 10.1. The van der Waals surface area contributed by atoms with Crippen LogP contribution in [0.1, 0.15) is 24.3 Å². The lowest BCUT2D eigenvalue weighted by Gasteiger charge is -2.19. The number of aromatic nitrogens is 2. The zero-order chi connectivity index (χ0) is 22.8. The highest BCUT2D eigenvalue weighted by molar-refractivity contribution is 7.19. The first-order chi connectivity index (χ1) is 15.4. The van der Waals surface area contributed by atoms with Crippen LogP contribution in [0.2, 0.25) is 5.02 Å². The molecule has 1 amide bonds. The van der Waals surface area contributed by atoms with Gasteiger partial charge in [-0.1, -0.05) is 48.9 Å². The molecule has 0 spiro atoms. The first-order valence-corrected chi connectivity index (χ1v) is 11.3. The molecule has 1 unspecified atom stereocenters. The third-order valence-corrected chi connectivity index (χ3v) is 6.57. The molecule has 2 aromatic heterocycles. The monoisotopic (exact) mass is 467 g/mol. The molecule has 0 aliphatic carbocycles. The van der Waals surface area contributed by atoms with Crippen LogP contribution in [0, 0.1) is 6.92 Å². The van der Waals surface area contributed by atoms with E-state index in [4.69, 9.17) is 16.3 Å². The number of rotatable bonds is 6. The molecule has 0 radical (unpaired) electrons. The number of carbonyl (C=O) groups is 1. The number of fused-ring (bicyclic) bond motifs is 1. The Bertz CT molecular complexity index is 1350. The maximum atomic E-state index is 13.6. The van der Waals surface area contributed by atoms with Gasteiger partial charge in [0.1, 0.15) is 16.6 Å². The summed E-state index contributed by atoms with van der Waals surface area (Å²) in [6.45, 7) is 3.83. The lowest BCUT2D eigenvalue weighted by molar-refractivity contribution is -0.119. The summed E-state index contributed by atoms with van der Waals surface area (Å²) in [5.41, 5.74) is 2.03. The number of anilines is 1. The highest BCUT2D eigenvalue weighted by atomic mass is 35.5. The van der Waals surface area contributed by atoms with Crippen molar-refractivity contribution in [3.63, 3.8) is 0 Å². The van der Waals surface area contributed by atoms with Crippen molar-refractivity contribution < 1.29 is 9.53 Å². The van der Waals surface area contributed by atoms with Crippen LogP contribution in [0.3, 0.4) is 0 Å². The SMILES string of the molecule is CCC(C(=O)Nc1cc(Cl)ccc1OC)n1cnc2sc(C)c(-c3ccccc3)c2c1=O. The molecule has 0 aliphatic rings. The number of hydrogen-bond acceptors (Lipinski definition) is 5. The van der Waals surface area contributed by atoms with Gasteiger partial charge in [-0.15, -0.1) is 11.3 Å². The van der Waals surface area contributed by atoms with Gasteiger partial charge in [-0.2, -0.15) is 0 Å². The molecule has 6 nitrogen and oxygen atoms in total. The Morgan fingerprint density at radius 3 is 2.69 bits per heavy atom. The van der Waals surface area contributed by atoms with Crippen molar-refractivity contribution in [1.29, 1.82) is 0 Å². The fraction of sp³-hybridized carbons (Fsp3) is 0.208. The molecule has 2 heterocycles. The first kappa shape index (κ1) is 22.0. The number of hydrogen-bond donors (Lipinski definition) is 1. The Balaban J connectivity index is 1.78. The number of aryl methyl sites for hydroxylation is 1. The number of amides is 1. The molecule has 32 heavy (non-hydrogen) atoms. The minimum atomic E-state index is -0.744.